The van der Waals surface area contributed by atoms with E-state index in [9.17, 15) is 0 Å². The first-order valence-electron chi connectivity index (χ1n) is 5.06. The molecule has 0 unspecified atom stereocenters. The smallest absolute Gasteiger partial charge is 0.0848 e. The number of rotatable bonds is 2. The Kier molecular flexibility index (Phi) is 5.52. The van der Waals surface area contributed by atoms with Crippen molar-refractivity contribution in [3.05, 3.63) is 48.3 Å². The molecule has 0 heterocycles. The Balaban J connectivity index is 2.45. The lowest BCUT2D eigenvalue weighted by molar-refractivity contribution is 1.41. The van der Waals surface area contributed by atoms with E-state index in [1.807, 2.05) is 0 Å². The Morgan fingerprint density at radius 1 is 0.700 bits per heavy atom. The second-order valence-corrected chi connectivity index (χ2v) is 7.17. The van der Waals surface area contributed by atoms with Crippen LogP contribution >= 0.6 is 81.4 Å². The molecule has 0 bridgehead atoms. The van der Waals surface area contributed by atoms with E-state index in [1.165, 1.54) is 11.8 Å². The maximum Gasteiger partial charge on any atom is 0.0848 e. The molecule has 0 atom stereocenters. The Morgan fingerprint density at radius 3 is 1.75 bits per heavy atom. The third-order valence-electron chi connectivity index (χ3n) is 2.35. The van der Waals surface area contributed by atoms with Crippen molar-refractivity contribution < 1.29 is 0 Å². The predicted molar refractivity (Wildman–Crippen MR) is 91.5 cm³/mol. The minimum absolute atomic E-state index is 0.216. The SMILES string of the molecule is Nc1c(Sc2cc(Cl)c(Cl)c(Cl)c2)cc(Cl)c(Cl)c1Cl. The number of nitrogens with two attached hydrogens (primary N) is 1. The third-order valence-corrected chi connectivity index (χ3v) is 5.85. The van der Waals surface area contributed by atoms with Crippen molar-refractivity contribution >= 4 is 87.1 Å². The van der Waals surface area contributed by atoms with Gasteiger partial charge in [-0.05, 0) is 18.2 Å². The van der Waals surface area contributed by atoms with Gasteiger partial charge in [0.1, 0.15) is 0 Å². The molecule has 0 saturated carbocycles. The second-order valence-electron chi connectivity index (χ2n) is 3.70. The number of anilines is 1. The summed E-state index contributed by atoms with van der Waals surface area (Å²) in [6, 6.07) is 4.98. The molecule has 1 nitrogen and oxygen atoms in total. The molecule has 0 saturated heterocycles. The largest absolute Gasteiger partial charge is 0.397 e. The van der Waals surface area contributed by atoms with Crippen molar-refractivity contribution in [1.29, 1.82) is 0 Å². The highest BCUT2D eigenvalue weighted by Gasteiger charge is 2.14. The van der Waals surface area contributed by atoms with E-state index in [4.69, 9.17) is 75.3 Å². The summed E-state index contributed by atoms with van der Waals surface area (Å²) >= 11 is 37.1. The molecule has 2 N–H and O–H groups in total. The fraction of sp³-hybridized carbons (Fsp3) is 0. The van der Waals surface area contributed by atoms with Crippen LogP contribution in [0.25, 0.3) is 0 Å². The number of benzene rings is 2. The summed E-state index contributed by atoms with van der Waals surface area (Å²) < 4.78 is 0. The van der Waals surface area contributed by atoms with Crippen LogP contribution in [0, 0.1) is 0 Å². The first-order valence-corrected chi connectivity index (χ1v) is 8.15. The van der Waals surface area contributed by atoms with Crippen LogP contribution in [0.1, 0.15) is 0 Å². The van der Waals surface area contributed by atoms with Gasteiger partial charge in [-0.2, -0.15) is 0 Å². The summed E-state index contributed by atoms with van der Waals surface area (Å²) in [5, 5.41) is 1.77. The van der Waals surface area contributed by atoms with Crippen LogP contribution < -0.4 is 5.73 Å². The fourth-order valence-electron chi connectivity index (χ4n) is 1.39. The number of hydrogen-bond donors (Lipinski definition) is 1. The van der Waals surface area contributed by atoms with Crippen molar-refractivity contribution in [3.63, 3.8) is 0 Å². The minimum Gasteiger partial charge on any atom is -0.397 e. The van der Waals surface area contributed by atoms with E-state index in [2.05, 4.69) is 0 Å². The molecule has 0 aliphatic carbocycles. The van der Waals surface area contributed by atoms with Crippen molar-refractivity contribution in [2.45, 2.75) is 9.79 Å². The monoisotopic (exact) mass is 405 g/mol. The molecule has 0 amide bonds. The molecule has 0 aliphatic heterocycles. The van der Waals surface area contributed by atoms with Gasteiger partial charge in [-0.1, -0.05) is 81.4 Å². The van der Waals surface area contributed by atoms with E-state index < -0.39 is 0 Å². The van der Waals surface area contributed by atoms with Gasteiger partial charge in [-0.25, -0.2) is 0 Å². The van der Waals surface area contributed by atoms with Gasteiger partial charge in [0.05, 0.1) is 35.8 Å². The highest BCUT2D eigenvalue weighted by Crippen LogP contribution is 2.44. The van der Waals surface area contributed by atoms with Crippen LogP contribution in [0.5, 0.6) is 0 Å². The van der Waals surface area contributed by atoms with Gasteiger partial charge in [0.15, 0.2) is 0 Å². The Morgan fingerprint density at radius 2 is 1.20 bits per heavy atom. The van der Waals surface area contributed by atoms with Gasteiger partial charge in [0, 0.05) is 9.79 Å². The highest BCUT2D eigenvalue weighted by atomic mass is 35.5. The zero-order valence-corrected chi connectivity index (χ0v) is 14.8. The molecule has 0 fully saturated rings. The molecule has 2 aromatic rings. The first kappa shape index (κ1) is 16.7. The summed E-state index contributed by atoms with van der Waals surface area (Å²) in [5.41, 5.74) is 6.26. The zero-order chi connectivity index (χ0) is 15.0. The van der Waals surface area contributed by atoms with Crippen LogP contribution in [0.4, 0.5) is 5.69 Å². The zero-order valence-electron chi connectivity index (χ0n) is 9.49. The summed E-state index contributed by atoms with van der Waals surface area (Å²) in [4.78, 5) is 1.41. The molecule has 8 heteroatoms. The van der Waals surface area contributed by atoms with Gasteiger partial charge < -0.3 is 5.73 Å². The van der Waals surface area contributed by atoms with Crippen LogP contribution in [-0.2, 0) is 0 Å². The van der Waals surface area contributed by atoms with Crippen LogP contribution in [0.3, 0.4) is 0 Å². The van der Waals surface area contributed by atoms with Crippen molar-refractivity contribution in [3.8, 4) is 0 Å². The van der Waals surface area contributed by atoms with Gasteiger partial charge in [0.2, 0.25) is 0 Å². The highest BCUT2D eigenvalue weighted by molar-refractivity contribution is 7.99. The second kappa shape index (κ2) is 6.62. The summed E-state index contributed by atoms with van der Waals surface area (Å²) in [6.45, 7) is 0. The lowest BCUT2D eigenvalue weighted by Gasteiger charge is -2.11. The van der Waals surface area contributed by atoms with Gasteiger partial charge in [-0.15, -0.1) is 0 Å². The average Bonchev–Trinajstić information content (AvgIpc) is 2.39. The Bertz CT molecular complexity index is 665. The molecule has 20 heavy (non-hydrogen) atoms. The van der Waals surface area contributed by atoms with E-state index in [0.29, 0.717) is 30.7 Å². The molecule has 106 valence electrons. The number of halogens is 6. The van der Waals surface area contributed by atoms with E-state index in [0.717, 1.165) is 4.90 Å². The molecule has 0 aromatic heterocycles. The summed E-state index contributed by atoms with van der Waals surface area (Å²) in [6.07, 6.45) is 0. The van der Waals surface area contributed by atoms with E-state index >= 15 is 0 Å². The third kappa shape index (κ3) is 3.38. The molecule has 2 rings (SSSR count). The maximum atomic E-state index is 6.01. The van der Waals surface area contributed by atoms with Crippen molar-refractivity contribution in [1.82, 2.24) is 0 Å². The quantitative estimate of drug-likeness (QED) is 0.416. The van der Waals surface area contributed by atoms with Crippen LogP contribution in [0.15, 0.2) is 28.0 Å². The van der Waals surface area contributed by atoms with Crippen molar-refractivity contribution in [2.75, 3.05) is 5.73 Å². The standard InChI is InChI=1S/C12H5Cl6NS/c13-5-1-4(2-6(14)9(5)16)20-8-3-7(15)10(17)11(18)12(8)19/h1-3H,19H2. The van der Waals surface area contributed by atoms with Crippen molar-refractivity contribution in [2.24, 2.45) is 0 Å². The van der Waals surface area contributed by atoms with Gasteiger partial charge >= 0.3 is 0 Å². The minimum atomic E-state index is 0.216. The summed E-state index contributed by atoms with van der Waals surface area (Å²) in [7, 11) is 0. The maximum absolute atomic E-state index is 6.01. The molecule has 0 radical (unpaired) electrons. The molecular weight excluding hydrogens is 403 g/mol. The lowest BCUT2D eigenvalue weighted by atomic mass is 10.3. The number of nitrogen functional groups attached to an aromatic ring is 1. The molecule has 2 aromatic carbocycles. The Hall–Kier alpha value is 0.330. The number of hydrogen-bond acceptors (Lipinski definition) is 2. The van der Waals surface area contributed by atoms with Gasteiger partial charge in [0.25, 0.3) is 0 Å². The van der Waals surface area contributed by atoms with Gasteiger partial charge in [-0.3, -0.25) is 0 Å². The fourth-order valence-corrected chi connectivity index (χ4v) is 3.84. The predicted octanol–water partition coefficient (Wildman–Crippen LogP) is 7.34. The lowest BCUT2D eigenvalue weighted by Crippen LogP contribution is -1.91. The Labute approximate surface area is 150 Å². The van der Waals surface area contributed by atoms with Crippen LogP contribution in [-0.4, -0.2) is 0 Å². The summed E-state index contributed by atoms with van der Waals surface area (Å²) in [5.74, 6) is 0. The topological polar surface area (TPSA) is 26.0 Å². The molecular formula is C12H5Cl6NS. The van der Waals surface area contributed by atoms with Crippen LogP contribution in [0.2, 0.25) is 30.1 Å². The molecule has 0 spiro atoms. The van der Waals surface area contributed by atoms with E-state index in [1.54, 1.807) is 18.2 Å². The average molecular weight is 408 g/mol. The molecule has 0 aliphatic rings. The normalized spacial score (nSPS) is 10.9. The van der Waals surface area contributed by atoms with E-state index in [-0.39, 0.29) is 10.0 Å². The first-order chi connectivity index (χ1) is 9.31.